The Kier molecular flexibility index (Phi) is 4.41. The van der Waals surface area contributed by atoms with Gasteiger partial charge in [0, 0.05) is 53.1 Å². The molecule has 1 aliphatic heterocycles. The minimum Gasteiger partial charge on any atom is -0.293 e. The minimum absolute atomic E-state index is 0.841. The first-order valence-corrected chi connectivity index (χ1v) is 9.33. The van der Waals surface area contributed by atoms with E-state index in [0.717, 1.165) is 43.9 Å². The summed E-state index contributed by atoms with van der Waals surface area (Å²) in [5, 5.41) is 0. The summed E-state index contributed by atoms with van der Waals surface area (Å²) >= 11 is 1.93. The van der Waals surface area contributed by atoms with Gasteiger partial charge in [0.2, 0.25) is 0 Å². The Bertz CT molecular complexity index is 826. The Labute approximate surface area is 147 Å². The van der Waals surface area contributed by atoms with Crippen LogP contribution in [0.2, 0.25) is 0 Å². The highest BCUT2D eigenvalue weighted by Crippen LogP contribution is 2.24. The van der Waals surface area contributed by atoms with Crippen LogP contribution < -0.4 is 0 Å². The van der Waals surface area contributed by atoms with Crippen LogP contribution in [-0.4, -0.2) is 21.4 Å². The Balaban J connectivity index is 1.49. The number of nitrogens with zero attached hydrogens (tertiary/aromatic N) is 3. The van der Waals surface area contributed by atoms with E-state index < -0.39 is 0 Å². The van der Waals surface area contributed by atoms with Crippen LogP contribution in [0.3, 0.4) is 0 Å². The largest absolute Gasteiger partial charge is 0.293 e. The minimum atomic E-state index is 0.841. The predicted molar refractivity (Wildman–Crippen MR) is 99.0 cm³/mol. The molecule has 0 saturated heterocycles. The van der Waals surface area contributed by atoms with E-state index in [1.807, 2.05) is 35.7 Å². The maximum absolute atomic E-state index is 4.81. The second kappa shape index (κ2) is 6.83. The number of hydrogen-bond donors (Lipinski definition) is 0. The topological polar surface area (TPSA) is 29.0 Å². The highest BCUT2D eigenvalue weighted by molar-refractivity contribution is 7.11. The van der Waals surface area contributed by atoms with Gasteiger partial charge in [-0.15, -0.1) is 11.3 Å². The van der Waals surface area contributed by atoms with Gasteiger partial charge in [0.1, 0.15) is 0 Å². The number of fused-ring (bicyclic) bond motifs is 1. The predicted octanol–water partition coefficient (Wildman–Crippen LogP) is 4.33. The van der Waals surface area contributed by atoms with Gasteiger partial charge in [-0.05, 0) is 18.6 Å². The normalized spacial score (nSPS) is 14.5. The lowest BCUT2D eigenvalue weighted by molar-refractivity contribution is 0.245. The maximum atomic E-state index is 4.81. The second-order valence-corrected chi connectivity index (χ2v) is 7.47. The summed E-state index contributed by atoms with van der Waals surface area (Å²) < 4.78 is 0. The molecule has 0 amide bonds. The van der Waals surface area contributed by atoms with Crippen molar-refractivity contribution in [3.05, 3.63) is 69.7 Å². The fraction of sp³-hybridized carbons (Fsp3) is 0.300. The molecule has 122 valence electrons. The molecule has 2 aromatic heterocycles. The average Bonchev–Trinajstić information content (AvgIpc) is 3.09. The molecule has 0 aliphatic carbocycles. The molecule has 3 aromatic rings. The fourth-order valence-electron chi connectivity index (χ4n) is 3.15. The first-order chi connectivity index (χ1) is 11.8. The van der Waals surface area contributed by atoms with Crippen molar-refractivity contribution in [3.63, 3.8) is 0 Å². The maximum Gasteiger partial charge on any atom is 0.159 e. The third-order valence-corrected chi connectivity index (χ3v) is 5.70. The van der Waals surface area contributed by atoms with Gasteiger partial charge in [0.25, 0.3) is 0 Å². The zero-order valence-corrected chi connectivity index (χ0v) is 14.7. The summed E-state index contributed by atoms with van der Waals surface area (Å²) in [7, 11) is 0. The van der Waals surface area contributed by atoms with Crippen molar-refractivity contribution in [2.75, 3.05) is 6.54 Å². The van der Waals surface area contributed by atoms with Gasteiger partial charge in [-0.2, -0.15) is 0 Å². The van der Waals surface area contributed by atoms with E-state index in [1.54, 1.807) is 0 Å². The van der Waals surface area contributed by atoms with Crippen molar-refractivity contribution < 1.29 is 0 Å². The summed E-state index contributed by atoms with van der Waals surface area (Å²) in [6, 6.07) is 14.8. The number of benzene rings is 1. The molecule has 0 spiro atoms. The van der Waals surface area contributed by atoms with Gasteiger partial charge in [-0.25, -0.2) is 9.97 Å². The Morgan fingerprint density at radius 1 is 1.08 bits per heavy atom. The number of rotatable bonds is 4. The Morgan fingerprint density at radius 2 is 1.92 bits per heavy atom. The molecule has 1 aromatic carbocycles. The fourth-order valence-corrected chi connectivity index (χ4v) is 4.15. The van der Waals surface area contributed by atoms with E-state index in [4.69, 9.17) is 4.98 Å². The number of aromatic nitrogens is 2. The van der Waals surface area contributed by atoms with Crippen LogP contribution >= 0.6 is 11.3 Å². The lowest BCUT2D eigenvalue weighted by Crippen LogP contribution is -2.30. The summed E-state index contributed by atoms with van der Waals surface area (Å²) in [6.07, 6.45) is 4.15. The van der Waals surface area contributed by atoms with Crippen molar-refractivity contribution >= 4 is 11.3 Å². The van der Waals surface area contributed by atoms with Crippen molar-refractivity contribution in [2.24, 2.45) is 0 Å². The van der Waals surface area contributed by atoms with Crippen LogP contribution in [0.4, 0.5) is 0 Å². The van der Waals surface area contributed by atoms with Gasteiger partial charge in [0.15, 0.2) is 5.82 Å². The molecule has 3 heterocycles. The summed E-state index contributed by atoms with van der Waals surface area (Å²) in [5.41, 5.74) is 3.57. The number of aryl methyl sites for hydroxylation is 1. The van der Waals surface area contributed by atoms with Crippen molar-refractivity contribution in [1.82, 2.24) is 14.9 Å². The summed E-state index contributed by atoms with van der Waals surface area (Å²) in [6.45, 7) is 5.26. The number of hydrogen-bond acceptors (Lipinski definition) is 4. The molecule has 24 heavy (non-hydrogen) atoms. The highest BCUT2D eigenvalue weighted by Gasteiger charge is 2.19. The van der Waals surface area contributed by atoms with Gasteiger partial charge in [-0.3, -0.25) is 4.90 Å². The van der Waals surface area contributed by atoms with Gasteiger partial charge in [-0.1, -0.05) is 37.3 Å². The average molecular weight is 335 g/mol. The molecular weight excluding hydrogens is 314 g/mol. The molecule has 0 radical (unpaired) electrons. The van der Waals surface area contributed by atoms with Gasteiger partial charge in [0.05, 0.1) is 5.69 Å². The molecule has 4 rings (SSSR count). The van der Waals surface area contributed by atoms with Gasteiger partial charge < -0.3 is 0 Å². The smallest absolute Gasteiger partial charge is 0.159 e. The Morgan fingerprint density at radius 3 is 2.71 bits per heavy atom. The van der Waals surface area contributed by atoms with E-state index in [0.29, 0.717) is 0 Å². The van der Waals surface area contributed by atoms with E-state index >= 15 is 0 Å². The summed E-state index contributed by atoms with van der Waals surface area (Å²) in [5.74, 6) is 0.841. The molecule has 3 nitrogen and oxygen atoms in total. The van der Waals surface area contributed by atoms with Crippen molar-refractivity contribution in [2.45, 2.75) is 32.9 Å². The van der Waals surface area contributed by atoms with Crippen LogP contribution in [-0.2, 0) is 25.9 Å². The zero-order valence-electron chi connectivity index (χ0n) is 13.9. The van der Waals surface area contributed by atoms with E-state index in [9.17, 15) is 0 Å². The van der Waals surface area contributed by atoms with E-state index in [1.165, 1.54) is 21.0 Å². The van der Waals surface area contributed by atoms with Crippen LogP contribution in [0.25, 0.3) is 11.4 Å². The molecule has 4 heteroatoms. The molecule has 0 bridgehead atoms. The molecule has 0 fully saturated rings. The molecule has 0 N–H and O–H groups in total. The van der Waals surface area contributed by atoms with Crippen molar-refractivity contribution in [3.8, 4) is 11.4 Å². The lowest BCUT2D eigenvalue weighted by atomic mass is 10.1. The van der Waals surface area contributed by atoms with E-state index in [2.05, 4.69) is 41.1 Å². The zero-order chi connectivity index (χ0) is 16.4. The molecule has 0 saturated carbocycles. The molecule has 0 atom stereocenters. The highest BCUT2D eigenvalue weighted by atomic mass is 32.1. The van der Waals surface area contributed by atoms with Gasteiger partial charge >= 0.3 is 0 Å². The molecule has 1 aliphatic rings. The van der Waals surface area contributed by atoms with Crippen LogP contribution in [0.1, 0.15) is 27.9 Å². The first-order valence-electron chi connectivity index (χ1n) is 8.52. The van der Waals surface area contributed by atoms with E-state index in [-0.39, 0.29) is 0 Å². The first kappa shape index (κ1) is 15.5. The Hall–Kier alpha value is -2.04. The van der Waals surface area contributed by atoms with Crippen LogP contribution in [0.5, 0.6) is 0 Å². The molecular formula is C20H21N3S. The summed E-state index contributed by atoms with van der Waals surface area (Å²) in [4.78, 5) is 14.8. The third-order valence-electron chi connectivity index (χ3n) is 4.49. The molecule has 0 unspecified atom stereocenters. The van der Waals surface area contributed by atoms with Crippen LogP contribution in [0.15, 0.2) is 48.7 Å². The van der Waals surface area contributed by atoms with Crippen LogP contribution in [0, 0.1) is 0 Å². The second-order valence-electron chi connectivity index (χ2n) is 6.21. The standard InChI is InChI=1S/C20H21N3S/c1-2-17-8-9-18(24-17)14-23-11-10-19-16(13-23)12-21-20(22-19)15-6-4-3-5-7-15/h3-9,12H,2,10-11,13-14H2,1H3. The van der Waals surface area contributed by atoms with Crippen molar-refractivity contribution in [1.29, 1.82) is 0 Å². The lowest BCUT2D eigenvalue weighted by Gasteiger charge is -2.27. The monoisotopic (exact) mass is 335 g/mol. The number of thiophene rings is 1. The SMILES string of the molecule is CCc1ccc(CN2CCc3nc(-c4ccccc4)ncc3C2)s1. The third kappa shape index (κ3) is 3.25. The quantitative estimate of drug-likeness (QED) is 0.711.